The Kier molecular flexibility index (Phi) is 47500. The molecule has 176 valence electrons. The molecule has 0 aliphatic carbocycles. The maximum absolute atomic E-state index is 9.55. The molecule has 24 heavy (non-hydrogen) atoms. The molecule has 0 aliphatic heterocycles. The van der Waals surface area contributed by atoms with Gasteiger partial charge < -0.3 is 93.0 Å². The van der Waals surface area contributed by atoms with Crippen LogP contribution in [0.3, 0.4) is 0 Å². The van der Waals surface area contributed by atoms with Gasteiger partial charge in [0.1, 0.15) is 0 Å². The van der Waals surface area contributed by atoms with E-state index in [0.717, 1.165) is 0 Å². The van der Waals surface area contributed by atoms with Gasteiger partial charge in [-0.3, -0.25) is 0 Å². The average molecular weight is 843 g/mol. The van der Waals surface area contributed by atoms with Gasteiger partial charge in [-0.25, -0.2) is 0 Å². The molecular weight excluding hydrogens is 803 g/mol. The van der Waals surface area contributed by atoms with Crippen molar-refractivity contribution in [1.82, 2.24) is 49.2 Å². The molecule has 0 aliphatic rings. The second-order valence-corrected chi connectivity index (χ2v) is 0. The fourth-order valence-corrected chi connectivity index (χ4v) is 0. The van der Waals surface area contributed by atoms with E-state index < -0.39 is 0 Å². The number of rotatable bonds is 0. The molecule has 0 amide bonds. The largest absolute Gasteiger partial charge is 0.870 e. The average Bonchev–Trinajstić information content (AvgIpc) is 2.03. The molecule has 40 N–H and O–H groups in total. The number of hydrogen-bond acceptors (Lipinski definition) is 8. The quantitative estimate of drug-likeness (QED) is 0.131. The van der Waals surface area contributed by atoms with Crippen LogP contribution in [0.25, 0.3) is 0 Å². The Labute approximate surface area is 197 Å². The summed E-state index contributed by atoms with van der Waals surface area (Å²) in [5, 5.41) is 0. The molecule has 16 nitrogen and oxygen atoms in total. The number of hydrogen-bond donors (Lipinski definition) is 8. The molecule has 0 atom stereocenters. The van der Waals surface area contributed by atoms with Crippen molar-refractivity contribution in [2.45, 2.75) is 0 Å². The summed E-state index contributed by atoms with van der Waals surface area (Å²) in [6, 6.07) is 0. The van der Waals surface area contributed by atoms with Crippen LogP contribution in [0.1, 0.15) is 0 Å². The van der Waals surface area contributed by atoms with Crippen molar-refractivity contribution in [3.8, 4) is 0 Å². The zero-order valence-electron chi connectivity index (χ0n) is 14.9. The third-order valence-electron chi connectivity index (χ3n) is 0. The van der Waals surface area contributed by atoms with E-state index in [0.29, 0.717) is 0 Å². The monoisotopic (exact) mass is 840 g/mol. The second kappa shape index (κ2) is 2720. The van der Waals surface area contributed by atoms with E-state index in [2.05, 4.69) is 0 Å². The van der Waals surface area contributed by atoms with E-state index in [9.17, 15) is 11.3 Å². The number of halogens is 4. The van der Waals surface area contributed by atoms with E-state index in [4.69, 9.17) is 0 Å². The van der Waals surface area contributed by atoms with Gasteiger partial charge in [0.25, 0.3) is 0 Å². The van der Waals surface area contributed by atoms with Gasteiger partial charge in [-0.15, -0.1) is 0 Å². The molecule has 0 aromatic rings. The fourth-order valence-electron chi connectivity index (χ4n) is 0. The number of quaternary nitrogens is 8. The minimum atomic E-state index is 0. The van der Waals surface area contributed by atoms with Gasteiger partial charge in [-0.05, 0) is 0 Å². The molecule has 0 saturated carbocycles. The summed E-state index contributed by atoms with van der Waals surface area (Å²) in [4.78, 5) is 0. The zero-order valence-corrected chi connectivity index (χ0v) is 25.1. The van der Waals surface area contributed by atoms with E-state index in [-0.39, 0.29) is 187 Å². The second-order valence-electron chi connectivity index (χ2n) is 0. The molecule has 24 heteroatoms. The molecule has 0 bridgehead atoms. The first-order valence-corrected chi connectivity index (χ1v) is 4.54. The maximum Gasteiger partial charge on any atom is -0.369 e. The first-order valence-electron chi connectivity index (χ1n) is 0.676. The van der Waals surface area contributed by atoms with Gasteiger partial charge in [0.15, 0.2) is 0 Å². The minimum absolute atomic E-state index is 0. The van der Waals surface area contributed by atoms with Gasteiger partial charge in [-0.2, -0.15) is 0 Å². The molecular formula is H40F4N8O8Sb4. The normalized spacial score (nSPS) is 1.00. The van der Waals surface area contributed by atoms with Crippen LogP contribution in [0.4, 0.5) is 11.3 Å². The van der Waals surface area contributed by atoms with Crippen LogP contribution < -0.4 is 49.2 Å². The molecule has 0 aromatic carbocycles. The van der Waals surface area contributed by atoms with Crippen LogP contribution in [-0.4, -0.2) is 138 Å². The smallest absolute Gasteiger partial charge is 0.369 e. The van der Waals surface area contributed by atoms with Crippen LogP contribution in [0, 0.1) is 0 Å². The molecule has 0 rings (SSSR count). The summed E-state index contributed by atoms with van der Waals surface area (Å²) in [6.07, 6.45) is 0. The summed E-state index contributed by atoms with van der Waals surface area (Å²) in [5.74, 6) is 0. The topological polar surface area (TPSA) is 532 Å². The Bertz CT molecular complexity index is 46.0. The third-order valence-corrected chi connectivity index (χ3v) is 0. The summed E-state index contributed by atoms with van der Waals surface area (Å²) in [5.41, 5.74) is 0. The first kappa shape index (κ1) is 420. The van der Waals surface area contributed by atoms with Gasteiger partial charge in [0.2, 0.25) is 0 Å². The van der Waals surface area contributed by atoms with Crippen molar-refractivity contribution in [2.24, 2.45) is 0 Å². The fraction of sp³-hybridized carbons (Fsp3) is 0. The van der Waals surface area contributed by atoms with Crippen LogP contribution in [0.2, 0.25) is 0 Å². The zero-order chi connectivity index (χ0) is 8.00. The van der Waals surface area contributed by atoms with Gasteiger partial charge in [0, 0.05) is 0 Å². The minimum Gasteiger partial charge on any atom is -0.870 e. The Morgan fingerprint density at radius 2 is 0.208 bits per heavy atom. The van der Waals surface area contributed by atoms with Crippen molar-refractivity contribution in [2.75, 3.05) is 0 Å². The molecule has 0 unspecified atom stereocenters. The predicted molar refractivity (Wildman–Crippen MR) is 90.8 cm³/mol. The Morgan fingerprint density at radius 3 is 0.208 bits per heavy atom. The van der Waals surface area contributed by atoms with Crippen molar-refractivity contribution in [3.05, 3.63) is 0 Å². The Morgan fingerprint density at radius 1 is 0.208 bits per heavy atom. The van der Waals surface area contributed by atoms with Crippen LogP contribution >= 0.6 is 0 Å². The molecule has 0 saturated heterocycles. The van der Waals surface area contributed by atoms with E-state index >= 15 is 0 Å². The van der Waals surface area contributed by atoms with Crippen LogP contribution in [0.15, 0.2) is 0 Å². The third kappa shape index (κ3) is 2400. The molecule has 0 fully saturated rings. The Hall–Kier alpha value is 2.35. The summed E-state index contributed by atoms with van der Waals surface area (Å²) in [7, 11) is 0. The summed E-state index contributed by atoms with van der Waals surface area (Å²) >= 11 is 1.00. The van der Waals surface area contributed by atoms with Crippen LogP contribution in [-0.2, 0) is 0 Å². The van der Waals surface area contributed by atoms with Gasteiger partial charge >= 0.3 is 106 Å². The molecule has 8 radical (unpaired) electrons. The van der Waals surface area contributed by atoms with Crippen molar-refractivity contribution in [1.29, 1.82) is 0 Å². The van der Waals surface area contributed by atoms with Crippen molar-refractivity contribution >= 4 is 94.4 Å². The van der Waals surface area contributed by atoms with Crippen LogP contribution in [0.5, 0.6) is 0 Å². The standard InChI is InChI=1S/4FH.8H3N.8H2O.4Sb/h4*1H;8*1H3;8*1H2;;;;/q;;;;;;;;;;;;;;;;;;;;4*+1/p-4. The summed E-state index contributed by atoms with van der Waals surface area (Å²) in [6.45, 7) is 0. The van der Waals surface area contributed by atoms with Crippen molar-refractivity contribution in [3.63, 3.8) is 0 Å². The van der Waals surface area contributed by atoms with Gasteiger partial charge in [0.05, 0.1) is 0 Å². The molecule has 0 spiro atoms. The maximum atomic E-state index is 9.55. The van der Waals surface area contributed by atoms with E-state index in [1.54, 1.807) is 0 Å². The predicted octanol–water partition coefficient (Wildman–Crippen LogP) is 1.75. The first-order chi connectivity index (χ1) is 4.00. The Balaban J connectivity index is -0.000000000404. The van der Waals surface area contributed by atoms with Gasteiger partial charge in [-0.1, -0.05) is 0 Å². The SMILES string of the molecule is [F][Sb].[F][Sb].[F][Sb].[F][Sb].[NH4+].[NH4+].[NH4+].[NH4+].[NH4+].[NH4+].[NH4+].[NH4+].[OH-].[OH-].[OH-].[OH-].[OH-].[OH-].[OH-].[OH-]. The van der Waals surface area contributed by atoms with E-state index in [1.807, 2.05) is 0 Å². The molecule has 0 heterocycles. The molecule has 0 aromatic heterocycles. The van der Waals surface area contributed by atoms with Crippen molar-refractivity contribution < 1.29 is 55.1 Å². The summed E-state index contributed by atoms with van der Waals surface area (Å²) < 4.78 is 38.2. The van der Waals surface area contributed by atoms with E-state index in [1.165, 1.54) is 0 Å².